The number of nitrogens with two attached hydrogens (primary N) is 1. The van der Waals surface area contributed by atoms with E-state index in [2.05, 4.69) is 17.3 Å². The molecule has 0 saturated heterocycles. The van der Waals surface area contributed by atoms with E-state index >= 15 is 0 Å². The summed E-state index contributed by atoms with van der Waals surface area (Å²) in [6.45, 7) is 1.27. The Morgan fingerprint density at radius 3 is 2.61 bits per heavy atom. The van der Waals surface area contributed by atoms with Crippen LogP contribution in [0.2, 0.25) is 0 Å². The van der Waals surface area contributed by atoms with Crippen LogP contribution >= 0.6 is 0 Å². The lowest BCUT2D eigenvalue weighted by Crippen LogP contribution is -2.45. The van der Waals surface area contributed by atoms with Crippen molar-refractivity contribution in [1.82, 2.24) is 10.2 Å². The molecule has 0 radical (unpaired) electrons. The fraction of sp³-hybridized carbons (Fsp3) is 0.929. The summed E-state index contributed by atoms with van der Waals surface area (Å²) in [7, 11) is 2.06. The van der Waals surface area contributed by atoms with Gasteiger partial charge in [-0.05, 0) is 45.2 Å². The lowest BCUT2D eigenvalue weighted by atomic mass is 10.0. The molecule has 2 rings (SSSR count). The Kier molecular flexibility index (Phi) is 5.01. The van der Waals surface area contributed by atoms with E-state index in [1.165, 1.54) is 32.1 Å². The number of rotatable bonds is 5. The molecule has 0 bridgehead atoms. The van der Waals surface area contributed by atoms with Crippen LogP contribution in [0.5, 0.6) is 0 Å². The molecule has 0 heterocycles. The second kappa shape index (κ2) is 6.53. The van der Waals surface area contributed by atoms with E-state index in [1.54, 1.807) is 0 Å². The Bertz CT molecular complexity index is 276. The van der Waals surface area contributed by atoms with Crippen molar-refractivity contribution in [2.24, 2.45) is 11.7 Å². The first-order chi connectivity index (χ1) is 8.70. The largest absolute Gasteiger partial charge is 0.352 e. The van der Waals surface area contributed by atoms with Crippen LogP contribution in [0.3, 0.4) is 0 Å². The molecule has 0 aromatic heterocycles. The number of hydrogen-bond donors (Lipinski definition) is 2. The molecule has 2 aliphatic carbocycles. The van der Waals surface area contributed by atoms with Crippen molar-refractivity contribution in [1.29, 1.82) is 0 Å². The fourth-order valence-corrected chi connectivity index (χ4v) is 3.56. The van der Waals surface area contributed by atoms with Crippen molar-refractivity contribution in [2.75, 3.05) is 20.1 Å². The predicted molar refractivity (Wildman–Crippen MR) is 73.2 cm³/mol. The van der Waals surface area contributed by atoms with Gasteiger partial charge in [-0.3, -0.25) is 9.69 Å². The van der Waals surface area contributed by atoms with Crippen molar-refractivity contribution in [2.45, 2.75) is 57.0 Å². The first-order valence-electron chi connectivity index (χ1n) is 7.40. The zero-order valence-electron chi connectivity index (χ0n) is 11.5. The van der Waals surface area contributed by atoms with Crippen molar-refractivity contribution in [3.05, 3.63) is 0 Å². The third-order valence-electron chi connectivity index (χ3n) is 4.60. The van der Waals surface area contributed by atoms with E-state index in [1.807, 2.05) is 0 Å². The first-order valence-corrected chi connectivity index (χ1v) is 7.40. The third-order valence-corrected chi connectivity index (χ3v) is 4.60. The van der Waals surface area contributed by atoms with Crippen LogP contribution < -0.4 is 11.1 Å². The number of carbonyl (C=O) groups excluding carboxylic acids is 1. The average Bonchev–Trinajstić information content (AvgIpc) is 2.97. The van der Waals surface area contributed by atoms with E-state index in [9.17, 15) is 4.79 Å². The molecule has 2 fully saturated rings. The van der Waals surface area contributed by atoms with E-state index < -0.39 is 0 Å². The van der Waals surface area contributed by atoms with Gasteiger partial charge in [0.25, 0.3) is 0 Å². The summed E-state index contributed by atoms with van der Waals surface area (Å²) < 4.78 is 0. The van der Waals surface area contributed by atoms with Gasteiger partial charge in [0.05, 0.1) is 6.54 Å². The molecule has 104 valence electrons. The molecule has 18 heavy (non-hydrogen) atoms. The SMILES string of the molecule is CN(CC(=O)NC1CCCC1)C1CCCC1CN. The summed E-state index contributed by atoms with van der Waals surface area (Å²) in [5, 5.41) is 3.15. The Morgan fingerprint density at radius 1 is 1.22 bits per heavy atom. The molecule has 2 unspecified atom stereocenters. The van der Waals surface area contributed by atoms with Gasteiger partial charge >= 0.3 is 0 Å². The molecule has 1 amide bonds. The van der Waals surface area contributed by atoms with Gasteiger partial charge in [-0.25, -0.2) is 0 Å². The first kappa shape index (κ1) is 13.8. The highest BCUT2D eigenvalue weighted by Crippen LogP contribution is 2.28. The maximum absolute atomic E-state index is 12.0. The summed E-state index contributed by atoms with van der Waals surface area (Å²) in [5.41, 5.74) is 5.80. The zero-order valence-corrected chi connectivity index (χ0v) is 11.5. The highest BCUT2D eigenvalue weighted by Gasteiger charge is 2.30. The van der Waals surface area contributed by atoms with E-state index in [0.717, 1.165) is 19.4 Å². The molecular formula is C14H27N3O. The molecule has 3 N–H and O–H groups in total. The molecule has 0 aliphatic heterocycles. The average molecular weight is 253 g/mol. The lowest BCUT2D eigenvalue weighted by molar-refractivity contribution is -0.123. The second-order valence-corrected chi connectivity index (χ2v) is 5.96. The quantitative estimate of drug-likeness (QED) is 0.771. The van der Waals surface area contributed by atoms with Crippen molar-refractivity contribution < 1.29 is 4.79 Å². The Balaban J connectivity index is 1.75. The fourth-order valence-electron chi connectivity index (χ4n) is 3.56. The van der Waals surface area contributed by atoms with Gasteiger partial charge in [-0.1, -0.05) is 19.3 Å². The van der Waals surface area contributed by atoms with Gasteiger partial charge in [0.1, 0.15) is 0 Å². The molecule has 4 heteroatoms. The summed E-state index contributed by atoms with van der Waals surface area (Å²) in [4.78, 5) is 14.2. The standard InChI is InChI=1S/C14H27N3O/c1-17(13-8-4-5-11(13)9-15)10-14(18)16-12-6-2-3-7-12/h11-13H,2-10,15H2,1H3,(H,16,18). The molecule has 0 aromatic rings. The minimum Gasteiger partial charge on any atom is -0.352 e. The minimum absolute atomic E-state index is 0.187. The highest BCUT2D eigenvalue weighted by molar-refractivity contribution is 5.78. The van der Waals surface area contributed by atoms with Gasteiger partial charge < -0.3 is 11.1 Å². The predicted octanol–water partition coefficient (Wildman–Crippen LogP) is 1.10. The summed E-state index contributed by atoms with van der Waals surface area (Å²) in [6.07, 6.45) is 8.50. The molecular weight excluding hydrogens is 226 g/mol. The molecule has 4 nitrogen and oxygen atoms in total. The summed E-state index contributed by atoms with van der Waals surface area (Å²) >= 11 is 0. The smallest absolute Gasteiger partial charge is 0.234 e. The van der Waals surface area contributed by atoms with Crippen molar-refractivity contribution in [3.8, 4) is 0 Å². The Labute approximate surface area is 110 Å². The molecule has 2 atom stereocenters. The Morgan fingerprint density at radius 2 is 1.94 bits per heavy atom. The van der Waals surface area contributed by atoms with E-state index in [4.69, 9.17) is 5.73 Å². The van der Waals surface area contributed by atoms with Crippen LogP contribution in [-0.4, -0.2) is 43.0 Å². The van der Waals surface area contributed by atoms with Crippen LogP contribution in [0.1, 0.15) is 44.9 Å². The Hall–Kier alpha value is -0.610. The van der Waals surface area contributed by atoms with Crippen LogP contribution in [-0.2, 0) is 4.79 Å². The lowest BCUT2D eigenvalue weighted by Gasteiger charge is -2.28. The normalized spacial score (nSPS) is 29.1. The van der Waals surface area contributed by atoms with E-state index in [-0.39, 0.29) is 5.91 Å². The van der Waals surface area contributed by atoms with Gasteiger partial charge in [0.2, 0.25) is 5.91 Å². The van der Waals surface area contributed by atoms with Crippen LogP contribution in [0, 0.1) is 5.92 Å². The van der Waals surface area contributed by atoms with Crippen molar-refractivity contribution >= 4 is 5.91 Å². The molecule has 0 aromatic carbocycles. The molecule has 2 aliphatic rings. The van der Waals surface area contributed by atoms with Crippen LogP contribution in [0.4, 0.5) is 0 Å². The highest BCUT2D eigenvalue weighted by atomic mass is 16.2. The minimum atomic E-state index is 0.187. The summed E-state index contributed by atoms with van der Waals surface area (Å²) in [6, 6.07) is 0.934. The third kappa shape index (κ3) is 3.45. The van der Waals surface area contributed by atoms with Crippen LogP contribution in [0.15, 0.2) is 0 Å². The van der Waals surface area contributed by atoms with Crippen molar-refractivity contribution in [3.63, 3.8) is 0 Å². The molecule has 2 saturated carbocycles. The van der Waals surface area contributed by atoms with Gasteiger partial charge in [-0.2, -0.15) is 0 Å². The maximum Gasteiger partial charge on any atom is 0.234 e. The summed E-state index contributed by atoms with van der Waals surface area (Å²) in [5.74, 6) is 0.765. The van der Waals surface area contributed by atoms with E-state index in [0.29, 0.717) is 24.5 Å². The van der Waals surface area contributed by atoms with Gasteiger partial charge in [0, 0.05) is 12.1 Å². The maximum atomic E-state index is 12.0. The van der Waals surface area contributed by atoms with Crippen LogP contribution in [0.25, 0.3) is 0 Å². The van der Waals surface area contributed by atoms with Gasteiger partial charge in [0.15, 0.2) is 0 Å². The second-order valence-electron chi connectivity index (χ2n) is 5.96. The number of hydrogen-bond acceptors (Lipinski definition) is 3. The monoisotopic (exact) mass is 253 g/mol. The number of likely N-dealkylation sites (N-methyl/N-ethyl adjacent to an activating group) is 1. The molecule has 0 spiro atoms. The zero-order chi connectivity index (χ0) is 13.0. The van der Waals surface area contributed by atoms with Gasteiger partial charge in [-0.15, -0.1) is 0 Å². The number of carbonyl (C=O) groups is 1. The number of nitrogens with zero attached hydrogens (tertiary/aromatic N) is 1. The topological polar surface area (TPSA) is 58.4 Å². The number of nitrogens with one attached hydrogen (secondary N) is 1. The number of amides is 1.